The summed E-state index contributed by atoms with van der Waals surface area (Å²) in [7, 11) is 3.01. The Morgan fingerprint density at radius 2 is 2.22 bits per heavy atom. The van der Waals surface area contributed by atoms with E-state index in [-0.39, 0.29) is 0 Å². The number of nitriles is 1. The van der Waals surface area contributed by atoms with E-state index in [2.05, 4.69) is 0 Å². The summed E-state index contributed by atoms with van der Waals surface area (Å²) in [4.78, 5) is 13.2. The van der Waals surface area contributed by atoms with Crippen LogP contribution in [0.2, 0.25) is 5.02 Å². The van der Waals surface area contributed by atoms with Crippen molar-refractivity contribution in [1.82, 2.24) is 0 Å². The zero-order valence-electron chi connectivity index (χ0n) is 9.85. The Labute approximate surface area is 109 Å². The average Bonchev–Trinajstić information content (AvgIpc) is 2.36. The maximum atomic E-state index is 11.9. The van der Waals surface area contributed by atoms with E-state index in [0.29, 0.717) is 22.0 Å². The molecule has 1 amide bonds. The smallest absolute Gasteiger partial charge is 0.247 e. The summed E-state index contributed by atoms with van der Waals surface area (Å²) in [5.41, 5.74) is 0.953. The van der Waals surface area contributed by atoms with Gasteiger partial charge in [0.2, 0.25) is 5.91 Å². The number of hydrogen-bond acceptors (Lipinski definition) is 4. The minimum Gasteiger partial charge on any atom is -0.495 e. The molecule has 0 aromatic heterocycles. The van der Waals surface area contributed by atoms with Gasteiger partial charge in [-0.2, -0.15) is 5.26 Å². The Bertz CT molecular complexity index is 553. The van der Waals surface area contributed by atoms with Crippen molar-refractivity contribution in [1.29, 1.82) is 5.26 Å². The minimum atomic E-state index is -1.17. The van der Waals surface area contributed by atoms with Gasteiger partial charge >= 0.3 is 0 Å². The number of aliphatic hydroxyl groups excluding tert-OH is 1. The molecular formula is C12H11ClN2O3. The van der Waals surface area contributed by atoms with Crippen molar-refractivity contribution in [3.63, 3.8) is 0 Å². The molecule has 0 radical (unpaired) electrons. The second-order valence-corrected chi connectivity index (χ2v) is 4.40. The van der Waals surface area contributed by atoms with E-state index in [0.717, 1.165) is 0 Å². The highest BCUT2D eigenvalue weighted by Gasteiger charge is 2.38. The third-order valence-corrected chi connectivity index (χ3v) is 3.33. The van der Waals surface area contributed by atoms with E-state index in [1.165, 1.54) is 18.1 Å². The first-order valence-corrected chi connectivity index (χ1v) is 5.61. The SMILES string of the molecule is COc1cc2c(cc1Cl)C(O)C(C#N)C(=O)N2C. The van der Waals surface area contributed by atoms with E-state index in [9.17, 15) is 9.90 Å². The molecule has 1 aromatic rings. The molecule has 0 aliphatic carbocycles. The van der Waals surface area contributed by atoms with E-state index < -0.39 is 17.9 Å². The molecule has 1 aliphatic rings. The molecule has 2 atom stereocenters. The predicted molar refractivity (Wildman–Crippen MR) is 65.5 cm³/mol. The van der Waals surface area contributed by atoms with Gasteiger partial charge in [0.1, 0.15) is 11.9 Å². The highest BCUT2D eigenvalue weighted by atomic mass is 35.5. The molecule has 2 unspecified atom stereocenters. The van der Waals surface area contributed by atoms with Gasteiger partial charge in [0, 0.05) is 18.7 Å². The summed E-state index contributed by atoms with van der Waals surface area (Å²) < 4.78 is 5.07. The summed E-state index contributed by atoms with van der Waals surface area (Å²) in [6, 6.07) is 4.90. The van der Waals surface area contributed by atoms with Crippen LogP contribution >= 0.6 is 11.6 Å². The number of aliphatic hydroxyl groups is 1. The molecule has 5 nitrogen and oxygen atoms in total. The molecule has 6 heteroatoms. The van der Waals surface area contributed by atoms with Gasteiger partial charge in [0.15, 0.2) is 5.92 Å². The van der Waals surface area contributed by atoms with Crippen LogP contribution in [0.4, 0.5) is 5.69 Å². The molecule has 0 saturated carbocycles. The first-order chi connectivity index (χ1) is 8.51. The molecule has 18 heavy (non-hydrogen) atoms. The molecule has 94 valence electrons. The summed E-state index contributed by atoms with van der Waals surface area (Å²) in [5, 5.41) is 19.3. The number of rotatable bonds is 1. The molecule has 2 rings (SSSR count). The highest BCUT2D eigenvalue weighted by molar-refractivity contribution is 6.32. The van der Waals surface area contributed by atoms with Crippen LogP contribution in [0.5, 0.6) is 5.75 Å². The lowest BCUT2D eigenvalue weighted by Crippen LogP contribution is -2.40. The van der Waals surface area contributed by atoms with E-state index in [1.807, 2.05) is 6.07 Å². The Morgan fingerprint density at radius 1 is 1.56 bits per heavy atom. The minimum absolute atomic E-state index is 0.328. The molecular weight excluding hydrogens is 256 g/mol. The molecule has 1 N–H and O–H groups in total. The van der Waals surface area contributed by atoms with Crippen LogP contribution in [0.25, 0.3) is 0 Å². The number of methoxy groups -OCH3 is 1. The number of ether oxygens (including phenoxy) is 1. The van der Waals surface area contributed by atoms with Crippen LogP contribution < -0.4 is 9.64 Å². The van der Waals surface area contributed by atoms with Crippen LogP contribution in [0.15, 0.2) is 12.1 Å². The van der Waals surface area contributed by atoms with Crippen molar-refractivity contribution < 1.29 is 14.6 Å². The first-order valence-electron chi connectivity index (χ1n) is 5.24. The third-order valence-electron chi connectivity index (χ3n) is 3.03. The fourth-order valence-corrected chi connectivity index (χ4v) is 2.26. The summed E-state index contributed by atoms with van der Waals surface area (Å²) >= 11 is 5.98. The fraction of sp³-hybridized carbons (Fsp3) is 0.333. The summed E-state index contributed by atoms with van der Waals surface area (Å²) in [5.74, 6) is -1.13. The van der Waals surface area contributed by atoms with Crippen LogP contribution in [0.3, 0.4) is 0 Å². The van der Waals surface area contributed by atoms with Gasteiger partial charge in [-0.25, -0.2) is 0 Å². The largest absolute Gasteiger partial charge is 0.495 e. The Morgan fingerprint density at radius 3 is 2.78 bits per heavy atom. The number of nitrogens with zero attached hydrogens (tertiary/aromatic N) is 2. The Hall–Kier alpha value is -1.77. The number of hydrogen-bond donors (Lipinski definition) is 1. The normalized spacial score (nSPS) is 22.4. The lowest BCUT2D eigenvalue weighted by Gasteiger charge is -2.32. The number of halogens is 1. The number of amides is 1. The van der Waals surface area contributed by atoms with Crippen LogP contribution in [-0.2, 0) is 4.79 Å². The van der Waals surface area contributed by atoms with Gasteiger partial charge in [-0.1, -0.05) is 11.6 Å². The monoisotopic (exact) mass is 266 g/mol. The average molecular weight is 267 g/mol. The molecule has 0 saturated heterocycles. The first kappa shape index (κ1) is 12.7. The second kappa shape index (κ2) is 4.48. The van der Waals surface area contributed by atoms with Crippen molar-refractivity contribution in [2.45, 2.75) is 6.10 Å². The van der Waals surface area contributed by atoms with Crippen LogP contribution in [0.1, 0.15) is 11.7 Å². The zero-order chi connectivity index (χ0) is 13.4. The molecule has 0 fully saturated rings. The van der Waals surface area contributed by atoms with Gasteiger partial charge in [0.25, 0.3) is 0 Å². The maximum Gasteiger partial charge on any atom is 0.247 e. The second-order valence-electron chi connectivity index (χ2n) is 3.99. The number of fused-ring (bicyclic) bond motifs is 1. The lowest BCUT2D eigenvalue weighted by molar-refractivity contribution is -0.124. The number of anilines is 1. The van der Waals surface area contributed by atoms with Crippen molar-refractivity contribution in [3.05, 3.63) is 22.7 Å². The van der Waals surface area contributed by atoms with Gasteiger partial charge in [0.05, 0.1) is 23.9 Å². The van der Waals surface area contributed by atoms with Gasteiger partial charge in [-0.3, -0.25) is 4.79 Å². The van der Waals surface area contributed by atoms with Gasteiger partial charge in [-0.15, -0.1) is 0 Å². The van der Waals surface area contributed by atoms with Crippen molar-refractivity contribution in [2.24, 2.45) is 5.92 Å². The van der Waals surface area contributed by atoms with Crippen molar-refractivity contribution in [2.75, 3.05) is 19.1 Å². The van der Waals surface area contributed by atoms with Crippen LogP contribution in [-0.4, -0.2) is 25.2 Å². The Kier molecular flexibility index (Phi) is 3.16. The van der Waals surface area contributed by atoms with Crippen molar-refractivity contribution in [3.8, 4) is 11.8 Å². The fourth-order valence-electron chi connectivity index (χ4n) is 2.01. The predicted octanol–water partition coefficient (Wildman–Crippen LogP) is 1.50. The summed E-state index contributed by atoms with van der Waals surface area (Å²) in [6.45, 7) is 0. The molecule has 0 bridgehead atoms. The molecule has 1 aromatic carbocycles. The lowest BCUT2D eigenvalue weighted by atomic mass is 9.90. The number of benzene rings is 1. The maximum absolute atomic E-state index is 11.9. The van der Waals surface area contributed by atoms with E-state index >= 15 is 0 Å². The van der Waals surface area contributed by atoms with Gasteiger partial charge in [-0.05, 0) is 6.07 Å². The number of carbonyl (C=O) groups is 1. The van der Waals surface area contributed by atoms with E-state index in [4.69, 9.17) is 21.6 Å². The summed E-state index contributed by atoms with van der Waals surface area (Å²) in [6.07, 6.45) is -1.17. The third kappa shape index (κ3) is 1.70. The Balaban J connectivity index is 2.63. The standard InChI is InChI=1S/C12H11ClN2O3/c1-15-9-4-10(18-2)8(13)3-6(9)11(16)7(5-14)12(15)17/h3-4,7,11,16H,1-2H3. The van der Waals surface area contributed by atoms with Crippen LogP contribution in [0, 0.1) is 17.2 Å². The molecule has 0 spiro atoms. The molecule has 1 heterocycles. The van der Waals surface area contributed by atoms with Crippen molar-refractivity contribution >= 4 is 23.2 Å². The topological polar surface area (TPSA) is 73.6 Å². The molecule has 1 aliphatic heterocycles. The highest BCUT2D eigenvalue weighted by Crippen LogP contribution is 2.42. The van der Waals surface area contributed by atoms with Gasteiger partial charge < -0.3 is 14.7 Å². The quantitative estimate of drug-likeness (QED) is 0.836. The van der Waals surface area contributed by atoms with E-state index in [1.54, 1.807) is 13.1 Å². The number of carbonyl (C=O) groups excluding carboxylic acids is 1. The zero-order valence-corrected chi connectivity index (χ0v) is 10.6.